The average molecular weight is 490 g/mol. The van der Waals surface area contributed by atoms with E-state index in [1.165, 1.54) is 17.7 Å². The lowest BCUT2D eigenvalue weighted by atomic mass is 9.85. The van der Waals surface area contributed by atoms with Crippen LogP contribution < -0.4 is 9.64 Å². The first-order chi connectivity index (χ1) is 16.3. The van der Waals surface area contributed by atoms with Gasteiger partial charge in [-0.3, -0.25) is 4.79 Å². The van der Waals surface area contributed by atoms with Crippen LogP contribution in [0, 0.1) is 12.8 Å². The van der Waals surface area contributed by atoms with Crippen LogP contribution in [0.3, 0.4) is 0 Å². The number of pyridine rings is 1. The zero-order chi connectivity index (χ0) is 24.4. The maximum absolute atomic E-state index is 13.3. The summed E-state index contributed by atoms with van der Waals surface area (Å²) in [6.45, 7) is 2.33. The van der Waals surface area contributed by atoms with Crippen LogP contribution in [0.15, 0.2) is 24.7 Å². The maximum atomic E-state index is 13.3. The highest BCUT2D eigenvalue weighted by Gasteiger charge is 2.31. The molecule has 0 spiro atoms. The minimum absolute atomic E-state index is 0.0951. The highest BCUT2D eigenvalue weighted by atomic mass is 32.1. The fraction of sp³-hybridized carbons (Fsp3) is 0.500. The molecule has 1 fully saturated rings. The van der Waals surface area contributed by atoms with Crippen molar-refractivity contribution in [3.8, 4) is 5.88 Å². The topological polar surface area (TPSA) is 71.5 Å². The Labute approximate surface area is 201 Å². The Hall–Kier alpha value is -2.88. The van der Waals surface area contributed by atoms with Gasteiger partial charge in [0.2, 0.25) is 12.3 Å². The lowest BCUT2D eigenvalue weighted by Gasteiger charge is -2.35. The lowest BCUT2D eigenvalue weighted by molar-refractivity contribution is 0.0529. The molecule has 0 aromatic carbocycles. The van der Waals surface area contributed by atoms with E-state index in [2.05, 4.69) is 19.9 Å². The molecule has 34 heavy (non-hydrogen) atoms. The molecule has 3 aromatic heterocycles. The summed E-state index contributed by atoms with van der Waals surface area (Å²) in [7, 11) is 5.28. The van der Waals surface area contributed by atoms with E-state index in [-0.39, 0.29) is 11.9 Å². The van der Waals surface area contributed by atoms with E-state index in [1.54, 1.807) is 25.3 Å². The number of ether oxygens (including phenoxy) is 1. The van der Waals surface area contributed by atoms with E-state index >= 15 is 0 Å². The number of alkyl halides is 2. The van der Waals surface area contributed by atoms with Crippen molar-refractivity contribution in [3.63, 3.8) is 0 Å². The molecular formula is C24H29F2N5O2S. The summed E-state index contributed by atoms with van der Waals surface area (Å²) in [4.78, 5) is 31.5. The van der Waals surface area contributed by atoms with Crippen molar-refractivity contribution >= 4 is 33.3 Å². The summed E-state index contributed by atoms with van der Waals surface area (Å²) in [5, 5.41) is 0.855. The minimum Gasteiger partial charge on any atom is -0.481 e. The van der Waals surface area contributed by atoms with Gasteiger partial charge in [-0.2, -0.15) is 0 Å². The summed E-state index contributed by atoms with van der Waals surface area (Å²) < 4.78 is 31.3. The molecule has 7 nitrogen and oxygen atoms in total. The van der Waals surface area contributed by atoms with Gasteiger partial charge in [-0.05, 0) is 49.8 Å². The number of carbonyl (C=O) groups excluding carboxylic acids is 1. The largest absolute Gasteiger partial charge is 0.481 e. The first-order valence-corrected chi connectivity index (χ1v) is 12.1. The van der Waals surface area contributed by atoms with Gasteiger partial charge in [0, 0.05) is 44.9 Å². The first kappa shape index (κ1) is 24.3. The Morgan fingerprint density at radius 1 is 1.21 bits per heavy atom. The molecule has 0 N–H and O–H groups in total. The summed E-state index contributed by atoms with van der Waals surface area (Å²) in [5.74, 6) is 0.641. The molecule has 1 saturated carbocycles. The molecule has 1 aliphatic rings. The highest BCUT2D eigenvalue weighted by molar-refractivity contribution is 7.20. The number of anilines is 1. The van der Waals surface area contributed by atoms with Crippen LogP contribution in [-0.4, -0.2) is 59.4 Å². The quantitative estimate of drug-likeness (QED) is 0.468. The Kier molecular flexibility index (Phi) is 7.25. The fourth-order valence-electron chi connectivity index (χ4n) is 4.62. The summed E-state index contributed by atoms with van der Waals surface area (Å²) in [5.41, 5.74) is 1.76. The van der Waals surface area contributed by atoms with Gasteiger partial charge in [-0.1, -0.05) is 0 Å². The molecule has 10 heteroatoms. The summed E-state index contributed by atoms with van der Waals surface area (Å²) >= 11 is 1.36. The van der Waals surface area contributed by atoms with Crippen molar-refractivity contribution in [2.45, 2.75) is 51.6 Å². The van der Waals surface area contributed by atoms with E-state index in [0.29, 0.717) is 43.0 Å². The van der Waals surface area contributed by atoms with Crippen LogP contribution in [0.25, 0.3) is 10.2 Å². The molecule has 1 aliphatic carbocycles. The predicted octanol–water partition coefficient (Wildman–Crippen LogP) is 4.94. The van der Waals surface area contributed by atoms with Gasteiger partial charge in [-0.15, -0.1) is 11.3 Å². The Bertz CT molecular complexity index is 1160. The Morgan fingerprint density at radius 2 is 1.94 bits per heavy atom. The van der Waals surface area contributed by atoms with E-state index in [9.17, 15) is 13.6 Å². The number of aryl methyl sites for hydroxylation is 1. The van der Waals surface area contributed by atoms with Crippen LogP contribution in [0.5, 0.6) is 5.88 Å². The predicted molar refractivity (Wildman–Crippen MR) is 129 cm³/mol. The number of hydrogen-bond donors (Lipinski definition) is 0. The van der Waals surface area contributed by atoms with E-state index < -0.39 is 12.3 Å². The Morgan fingerprint density at radius 3 is 2.62 bits per heavy atom. The SMILES string of the molecule is COc1cc(CN(C)C(=O)c2sc3ncnc(N(C)C4CCC(C(F)F)CC4)c3c2C)ccn1. The third kappa shape index (κ3) is 4.82. The molecule has 0 aliphatic heterocycles. The van der Waals surface area contributed by atoms with Crippen molar-refractivity contribution in [1.29, 1.82) is 0 Å². The van der Waals surface area contributed by atoms with Gasteiger partial charge >= 0.3 is 0 Å². The van der Waals surface area contributed by atoms with Crippen LogP contribution in [0.1, 0.15) is 46.5 Å². The second-order valence-corrected chi connectivity index (χ2v) is 9.81. The van der Waals surface area contributed by atoms with Crippen molar-refractivity contribution in [2.75, 3.05) is 26.1 Å². The zero-order valence-electron chi connectivity index (χ0n) is 19.8. The third-order valence-corrected chi connectivity index (χ3v) is 7.84. The highest BCUT2D eigenvalue weighted by Crippen LogP contribution is 2.38. The number of thiophene rings is 1. The van der Waals surface area contributed by atoms with Gasteiger partial charge in [0.05, 0.1) is 17.4 Å². The van der Waals surface area contributed by atoms with Crippen molar-refractivity contribution in [1.82, 2.24) is 19.9 Å². The molecule has 0 saturated heterocycles. The van der Waals surface area contributed by atoms with Crippen LogP contribution >= 0.6 is 11.3 Å². The van der Waals surface area contributed by atoms with Gasteiger partial charge in [0.1, 0.15) is 17.0 Å². The lowest BCUT2D eigenvalue weighted by Crippen LogP contribution is -2.37. The molecule has 4 rings (SSSR count). The summed E-state index contributed by atoms with van der Waals surface area (Å²) in [6, 6.07) is 3.80. The van der Waals surface area contributed by atoms with E-state index in [1.807, 2.05) is 26.1 Å². The summed E-state index contributed by atoms with van der Waals surface area (Å²) in [6.07, 6.45) is 3.33. The molecule has 182 valence electrons. The molecule has 0 atom stereocenters. The first-order valence-electron chi connectivity index (χ1n) is 11.3. The Balaban J connectivity index is 1.57. The number of fused-ring (bicyclic) bond motifs is 1. The van der Waals surface area contributed by atoms with Crippen LogP contribution in [0.4, 0.5) is 14.6 Å². The maximum Gasteiger partial charge on any atom is 0.264 e. The standard InChI is InChI=1S/C24H29F2N5O2S/c1-14-19-22(31(3)17-7-5-16(6-8-17)21(25)26)28-13-29-23(19)34-20(14)24(32)30(2)12-15-9-10-27-18(11-15)33-4/h9-11,13,16-17,21H,5-8,12H2,1-4H3. The average Bonchev–Trinajstić information content (AvgIpc) is 3.19. The van der Waals surface area contributed by atoms with Gasteiger partial charge in [0.25, 0.3) is 5.91 Å². The number of methoxy groups -OCH3 is 1. The number of amides is 1. The second kappa shape index (κ2) is 10.2. The molecule has 1 amide bonds. The molecule has 3 aromatic rings. The van der Waals surface area contributed by atoms with Gasteiger partial charge in [-0.25, -0.2) is 23.7 Å². The van der Waals surface area contributed by atoms with Gasteiger partial charge < -0.3 is 14.5 Å². The number of nitrogens with zero attached hydrogens (tertiary/aromatic N) is 5. The number of rotatable bonds is 7. The number of halogens is 2. The second-order valence-electron chi connectivity index (χ2n) is 8.82. The fourth-order valence-corrected chi connectivity index (χ4v) is 5.76. The monoisotopic (exact) mass is 489 g/mol. The molecule has 0 radical (unpaired) electrons. The number of aromatic nitrogens is 3. The smallest absolute Gasteiger partial charge is 0.264 e. The van der Waals surface area contributed by atoms with Crippen molar-refractivity contribution in [2.24, 2.45) is 5.92 Å². The van der Waals surface area contributed by atoms with Crippen molar-refractivity contribution in [3.05, 3.63) is 40.7 Å². The van der Waals surface area contributed by atoms with Crippen LogP contribution in [-0.2, 0) is 6.54 Å². The van der Waals surface area contributed by atoms with Crippen molar-refractivity contribution < 1.29 is 18.3 Å². The molecule has 3 heterocycles. The minimum atomic E-state index is -2.25. The number of hydrogen-bond acceptors (Lipinski definition) is 7. The van der Waals surface area contributed by atoms with Gasteiger partial charge in [0.15, 0.2) is 0 Å². The molecular weight excluding hydrogens is 460 g/mol. The normalized spacial score (nSPS) is 18.3. The molecule has 0 bridgehead atoms. The van der Waals surface area contributed by atoms with E-state index in [4.69, 9.17) is 4.74 Å². The number of carbonyl (C=O) groups is 1. The molecule has 0 unspecified atom stereocenters. The third-order valence-electron chi connectivity index (χ3n) is 6.66. The van der Waals surface area contributed by atoms with Crippen LogP contribution in [0.2, 0.25) is 0 Å². The zero-order valence-corrected chi connectivity index (χ0v) is 20.6. The van der Waals surface area contributed by atoms with E-state index in [0.717, 1.165) is 27.2 Å².